The third-order valence-electron chi connectivity index (χ3n) is 3.62. The maximum Gasteiger partial charge on any atom is 0.254 e. The lowest BCUT2D eigenvalue weighted by Gasteiger charge is -2.16. The molecule has 0 bridgehead atoms. The normalized spacial score (nSPS) is 11.8. The van der Waals surface area contributed by atoms with Crippen LogP contribution in [0.4, 0.5) is 0 Å². The highest BCUT2D eigenvalue weighted by atomic mass is 16.5. The Hall–Kier alpha value is -2.40. The molecule has 1 N–H and O–H groups in total. The van der Waals surface area contributed by atoms with Crippen molar-refractivity contribution < 1.29 is 14.3 Å². The molecule has 1 heterocycles. The van der Waals surface area contributed by atoms with Crippen molar-refractivity contribution in [2.45, 2.75) is 32.4 Å². The first-order valence-corrected chi connectivity index (χ1v) is 8.18. The maximum absolute atomic E-state index is 12.4. The van der Waals surface area contributed by atoms with Crippen molar-refractivity contribution in [2.75, 3.05) is 13.7 Å². The number of hydrogen-bond donors (Lipinski definition) is 1. The summed E-state index contributed by atoms with van der Waals surface area (Å²) in [5, 5.41) is 2.90. The zero-order valence-corrected chi connectivity index (χ0v) is 14.2. The van der Waals surface area contributed by atoms with Crippen molar-refractivity contribution in [2.24, 2.45) is 0 Å². The lowest BCUT2D eigenvalue weighted by molar-refractivity contribution is -0.131. The van der Waals surface area contributed by atoms with E-state index in [4.69, 9.17) is 9.47 Å². The molecule has 5 nitrogen and oxygen atoms in total. The Labute approximate surface area is 143 Å². The lowest BCUT2D eigenvalue weighted by atomic mass is 10.1. The Balaban J connectivity index is 1.98. The Morgan fingerprint density at radius 1 is 1.21 bits per heavy atom. The summed E-state index contributed by atoms with van der Waals surface area (Å²) >= 11 is 0. The second kappa shape index (κ2) is 9.67. The average Bonchev–Trinajstić information content (AvgIpc) is 2.62. The minimum Gasteiger partial charge on any atom is -0.477 e. The third kappa shape index (κ3) is 5.06. The van der Waals surface area contributed by atoms with Gasteiger partial charge in [0.1, 0.15) is 0 Å². The van der Waals surface area contributed by atoms with Gasteiger partial charge in [-0.1, -0.05) is 49.7 Å². The van der Waals surface area contributed by atoms with Gasteiger partial charge < -0.3 is 14.8 Å². The van der Waals surface area contributed by atoms with E-state index in [-0.39, 0.29) is 5.91 Å². The molecule has 0 saturated carbocycles. The first-order valence-electron chi connectivity index (χ1n) is 8.18. The molecule has 0 aliphatic carbocycles. The number of rotatable bonds is 9. The van der Waals surface area contributed by atoms with E-state index in [0.29, 0.717) is 19.0 Å². The Morgan fingerprint density at radius 3 is 2.71 bits per heavy atom. The second-order valence-electron chi connectivity index (χ2n) is 5.41. The van der Waals surface area contributed by atoms with Gasteiger partial charge in [-0.05, 0) is 18.1 Å². The molecule has 2 rings (SSSR count). The van der Waals surface area contributed by atoms with Crippen LogP contribution in [0.25, 0.3) is 0 Å². The summed E-state index contributed by atoms with van der Waals surface area (Å²) in [6.07, 6.45) is 3.09. The molecule has 1 atom stereocenters. The van der Waals surface area contributed by atoms with Crippen LogP contribution in [-0.2, 0) is 16.1 Å². The fourth-order valence-electron chi connectivity index (χ4n) is 2.30. The summed E-state index contributed by atoms with van der Waals surface area (Å²) in [6, 6.07) is 13.2. The number of carbonyl (C=O) groups excluding carboxylic acids is 1. The van der Waals surface area contributed by atoms with E-state index in [1.807, 2.05) is 42.5 Å². The van der Waals surface area contributed by atoms with E-state index < -0.39 is 6.10 Å². The van der Waals surface area contributed by atoms with Crippen molar-refractivity contribution >= 4 is 5.91 Å². The van der Waals surface area contributed by atoms with Gasteiger partial charge in [0.25, 0.3) is 5.91 Å². The number of unbranched alkanes of at least 4 members (excludes halogenated alkanes) is 1. The predicted molar refractivity (Wildman–Crippen MR) is 92.7 cm³/mol. The second-order valence-corrected chi connectivity index (χ2v) is 5.41. The summed E-state index contributed by atoms with van der Waals surface area (Å²) < 4.78 is 11.0. The number of nitrogens with one attached hydrogen (secondary N) is 1. The maximum atomic E-state index is 12.4. The van der Waals surface area contributed by atoms with Crippen LogP contribution in [0.15, 0.2) is 48.7 Å². The molecule has 1 amide bonds. The van der Waals surface area contributed by atoms with Gasteiger partial charge in [0.05, 0.1) is 6.61 Å². The number of benzene rings is 1. The lowest BCUT2D eigenvalue weighted by Crippen LogP contribution is -2.30. The molecule has 0 radical (unpaired) electrons. The molecule has 0 aliphatic rings. The van der Waals surface area contributed by atoms with Gasteiger partial charge in [-0.15, -0.1) is 0 Å². The Bertz CT molecular complexity index is 632. The molecule has 0 aliphatic heterocycles. The summed E-state index contributed by atoms with van der Waals surface area (Å²) in [5.74, 6) is 0.381. The zero-order chi connectivity index (χ0) is 17.2. The van der Waals surface area contributed by atoms with Crippen LogP contribution < -0.4 is 10.1 Å². The van der Waals surface area contributed by atoms with E-state index >= 15 is 0 Å². The minimum absolute atomic E-state index is 0.188. The minimum atomic E-state index is -0.632. The smallest absolute Gasteiger partial charge is 0.254 e. The van der Waals surface area contributed by atoms with Gasteiger partial charge in [-0.3, -0.25) is 4.79 Å². The number of amides is 1. The molecule has 0 fully saturated rings. The van der Waals surface area contributed by atoms with Crippen LogP contribution in [0.1, 0.15) is 37.0 Å². The number of aromatic nitrogens is 1. The Morgan fingerprint density at radius 2 is 2.00 bits per heavy atom. The topological polar surface area (TPSA) is 60.5 Å². The fourth-order valence-corrected chi connectivity index (χ4v) is 2.30. The molecular weight excluding hydrogens is 304 g/mol. The molecule has 0 saturated heterocycles. The summed E-state index contributed by atoms with van der Waals surface area (Å²) in [4.78, 5) is 16.7. The van der Waals surface area contributed by atoms with Crippen molar-refractivity contribution in [1.82, 2.24) is 10.3 Å². The molecular formula is C19H24N2O3. The van der Waals surface area contributed by atoms with Crippen LogP contribution >= 0.6 is 0 Å². The van der Waals surface area contributed by atoms with Crippen molar-refractivity contribution in [1.29, 1.82) is 0 Å². The number of methoxy groups -OCH3 is 1. The number of pyridine rings is 1. The van der Waals surface area contributed by atoms with Gasteiger partial charge in [-0.25, -0.2) is 4.98 Å². The molecule has 128 valence electrons. The van der Waals surface area contributed by atoms with Gasteiger partial charge in [0, 0.05) is 25.4 Å². The van der Waals surface area contributed by atoms with Crippen LogP contribution in [-0.4, -0.2) is 24.6 Å². The van der Waals surface area contributed by atoms with Gasteiger partial charge in [-0.2, -0.15) is 0 Å². The van der Waals surface area contributed by atoms with Gasteiger partial charge in [0.2, 0.25) is 5.88 Å². The summed E-state index contributed by atoms with van der Waals surface area (Å²) in [6.45, 7) is 3.08. The molecule has 1 unspecified atom stereocenters. The number of hydrogen-bond acceptors (Lipinski definition) is 4. The van der Waals surface area contributed by atoms with Crippen molar-refractivity contribution in [3.8, 4) is 5.88 Å². The molecule has 24 heavy (non-hydrogen) atoms. The van der Waals surface area contributed by atoms with E-state index in [2.05, 4.69) is 17.2 Å². The predicted octanol–water partition coefficient (Wildman–Crippen LogP) is 3.26. The first-order chi connectivity index (χ1) is 11.8. The van der Waals surface area contributed by atoms with Gasteiger partial charge >= 0.3 is 0 Å². The van der Waals surface area contributed by atoms with Crippen LogP contribution in [0.3, 0.4) is 0 Å². The highest BCUT2D eigenvalue weighted by molar-refractivity contribution is 5.82. The quantitative estimate of drug-likeness (QED) is 0.718. The van der Waals surface area contributed by atoms with Crippen LogP contribution in [0.5, 0.6) is 5.88 Å². The van der Waals surface area contributed by atoms with E-state index in [1.165, 1.54) is 7.11 Å². The van der Waals surface area contributed by atoms with E-state index in [0.717, 1.165) is 24.0 Å². The van der Waals surface area contributed by atoms with E-state index in [9.17, 15) is 4.79 Å². The number of carbonyl (C=O) groups is 1. The highest BCUT2D eigenvalue weighted by Crippen LogP contribution is 2.18. The monoisotopic (exact) mass is 328 g/mol. The molecule has 5 heteroatoms. The average molecular weight is 328 g/mol. The standard InChI is InChI=1S/C19H24N2O3/c1-3-4-13-24-19-16(11-8-12-20-19)14-21-18(22)17(23-2)15-9-6-5-7-10-15/h5-12,17H,3-4,13-14H2,1-2H3,(H,21,22). The zero-order valence-electron chi connectivity index (χ0n) is 14.2. The van der Waals surface area contributed by atoms with Gasteiger partial charge in [0.15, 0.2) is 6.10 Å². The first kappa shape index (κ1) is 17.9. The largest absolute Gasteiger partial charge is 0.477 e. The highest BCUT2D eigenvalue weighted by Gasteiger charge is 2.19. The molecule has 2 aromatic rings. The van der Waals surface area contributed by atoms with Crippen LogP contribution in [0.2, 0.25) is 0 Å². The Kier molecular flexibility index (Phi) is 7.23. The molecule has 1 aromatic carbocycles. The van der Waals surface area contributed by atoms with E-state index in [1.54, 1.807) is 6.20 Å². The van der Waals surface area contributed by atoms with Crippen molar-refractivity contribution in [3.63, 3.8) is 0 Å². The third-order valence-corrected chi connectivity index (χ3v) is 3.62. The SMILES string of the molecule is CCCCOc1ncccc1CNC(=O)C(OC)c1ccccc1. The summed E-state index contributed by atoms with van der Waals surface area (Å²) in [7, 11) is 1.53. The van der Waals surface area contributed by atoms with Crippen molar-refractivity contribution in [3.05, 3.63) is 59.8 Å². The summed E-state index contributed by atoms with van der Waals surface area (Å²) in [5.41, 5.74) is 1.67. The van der Waals surface area contributed by atoms with Crippen LogP contribution in [0, 0.1) is 0 Å². The fraction of sp³-hybridized carbons (Fsp3) is 0.368. The molecule has 0 spiro atoms. The number of nitrogens with zero attached hydrogens (tertiary/aromatic N) is 1. The molecule has 1 aromatic heterocycles. The number of ether oxygens (including phenoxy) is 2.